The van der Waals surface area contributed by atoms with Crippen LogP contribution in [0.4, 0.5) is 4.39 Å². The first-order valence-electron chi connectivity index (χ1n) is 6.46. The van der Waals surface area contributed by atoms with Gasteiger partial charge in [-0.15, -0.1) is 0 Å². The van der Waals surface area contributed by atoms with Crippen molar-refractivity contribution in [1.82, 2.24) is 4.90 Å². The molecule has 0 aliphatic carbocycles. The molecule has 1 aliphatic rings. The lowest BCUT2D eigenvalue weighted by Crippen LogP contribution is -2.38. The van der Waals surface area contributed by atoms with Crippen LogP contribution < -0.4 is 0 Å². The van der Waals surface area contributed by atoms with Crippen molar-refractivity contribution in [2.24, 2.45) is 5.41 Å². The van der Waals surface area contributed by atoms with E-state index in [1.54, 1.807) is 12.1 Å². The number of nitrogens with zero attached hydrogens (tertiary/aromatic N) is 1. The zero-order valence-corrected chi connectivity index (χ0v) is 11.2. The van der Waals surface area contributed by atoms with Gasteiger partial charge in [-0.05, 0) is 30.5 Å². The molecule has 0 N–H and O–H groups in total. The maximum Gasteiger partial charge on any atom is 0.228 e. The molecule has 1 amide bonds. The molecule has 0 saturated carbocycles. The minimum absolute atomic E-state index is 0.109. The van der Waals surface area contributed by atoms with Gasteiger partial charge in [0.05, 0.1) is 6.04 Å². The lowest BCUT2D eigenvalue weighted by atomic mass is 9.93. The van der Waals surface area contributed by atoms with Gasteiger partial charge >= 0.3 is 0 Å². The quantitative estimate of drug-likeness (QED) is 0.745. The first kappa shape index (κ1) is 13.1. The van der Waals surface area contributed by atoms with Gasteiger partial charge in [0.25, 0.3) is 0 Å². The van der Waals surface area contributed by atoms with Crippen LogP contribution in [0.25, 0.3) is 0 Å². The van der Waals surface area contributed by atoms with Gasteiger partial charge in [-0.25, -0.2) is 4.39 Å². The molecular formula is C15H20FNO. The summed E-state index contributed by atoms with van der Waals surface area (Å²) in [6, 6.07) is 6.61. The van der Waals surface area contributed by atoms with Crippen molar-refractivity contribution in [2.75, 3.05) is 6.54 Å². The molecule has 1 atom stereocenters. The lowest BCUT2D eigenvalue weighted by molar-refractivity contribution is -0.140. The Morgan fingerprint density at radius 1 is 1.28 bits per heavy atom. The smallest absolute Gasteiger partial charge is 0.228 e. The molecule has 0 radical (unpaired) electrons. The number of carbonyl (C=O) groups is 1. The molecule has 2 nitrogen and oxygen atoms in total. The zero-order valence-electron chi connectivity index (χ0n) is 11.2. The summed E-state index contributed by atoms with van der Waals surface area (Å²) in [7, 11) is 0. The summed E-state index contributed by atoms with van der Waals surface area (Å²) in [6.07, 6.45) is 1.98. The van der Waals surface area contributed by atoms with E-state index in [0.29, 0.717) is 0 Å². The summed E-state index contributed by atoms with van der Waals surface area (Å²) in [5.74, 6) is -0.0558. The monoisotopic (exact) mass is 249 g/mol. The van der Waals surface area contributed by atoms with Crippen LogP contribution in [0, 0.1) is 11.2 Å². The molecule has 18 heavy (non-hydrogen) atoms. The van der Waals surface area contributed by atoms with Gasteiger partial charge in [-0.2, -0.15) is 0 Å². The van der Waals surface area contributed by atoms with E-state index in [4.69, 9.17) is 0 Å². The van der Waals surface area contributed by atoms with Gasteiger partial charge in [-0.3, -0.25) is 4.79 Å². The first-order chi connectivity index (χ1) is 8.39. The highest BCUT2D eigenvalue weighted by Gasteiger charge is 2.35. The molecule has 1 fully saturated rings. The van der Waals surface area contributed by atoms with Crippen LogP contribution in [0.1, 0.15) is 45.2 Å². The molecule has 0 bridgehead atoms. The third-order valence-corrected chi connectivity index (χ3v) is 3.41. The fourth-order valence-electron chi connectivity index (χ4n) is 2.47. The number of hydrogen-bond donors (Lipinski definition) is 0. The van der Waals surface area contributed by atoms with E-state index in [1.165, 1.54) is 12.1 Å². The van der Waals surface area contributed by atoms with Crippen LogP contribution in [0.5, 0.6) is 0 Å². The van der Waals surface area contributed by atoms with Crippen molar-refractivity contribution in [2.45, 2.75) is 39.7 Å². The van der Waals surface area contributed by atoms with Gasteiger partial charge in [0.1, 0.15) is 5.82 Å². The van der Waals surface area contributed by atoms with Crippen molar-refractivity contribution >= 4 is 5.91 Å². The van der Waals surface area contributed by atoms with Crippen molar-refractivity contribution in [3.05, 3.63) is 35.6 Å². The average molecular weight is 249 g/mol. The first-order valence-corrected chi connectivity index (χ1v) is 6.46. The van der Waals surface area contributed by atoms with E-state index in [2.05, 4.69) is 0 Å². The predicted octanol–water partition coefficient (Wildman–Crippen LogP) is 3.54. The number of hydrogen-bond acceptors (Lipinski definition) is 1. The predicted molar refractivity (Wildman–Crippen MR) is 69.5 cm³/mol. The average Bonchev–Trinajstić information content (AvgIpc) is 2.76. The Balaban J connectivity index is 2.22. The van der Waals surface area contributed by atoms with Crippen molar-refractivity contribution in [3.8, 4) is 0 Å². The van der Waals surface area contributed by atoms with Crippen LogP contribution in [-0.2, 0) is 4.79 Å². The zero-order chi connectivity index (χ0) is 13.3. The third-order valence-electron chi connectivity index (χ3n) is 3.41. The molecule has 3 heteroatoms. The summed E-state index contributed by atoms with van der Waals surface area (Å²) in [5, 5.41) is 0. The highest BCUT2D eigenvalue weighted by atomic mass is 19.1. The molecule has 2 rings (SSSR count). The normalized spacial score (nSPS) is 20.2. The van der Waals surface area contributed by atoms with Crippen LogP contribution in [0.3, 0.4) is 0 Å². The Bertz CT molecular complexity index is 433. The van der Waals surface area contributed by atoms with E-state index in [0.717, 1.165) is 24.9 Å². The van der Waals surface area contributed by atoms with Crippen molar-refractivity contribution < 1.29 is 9.18 Å². The maximum absolute atomic E-state index is 12.9. The van der Waals surface area contributed by atoms with Gasteiger partial charge in [0, 0.05) is 12.0 Å². The van der Waals surface area contributed by atoms with Crippen LogP contribution >= 0.6 is 0 Å². The summed E-state index contributed by atoms with van der Waals surface area (Å²) in [5.41, 5.74) is 0.675. The SMILES string of the molecule is CC(C)(C)C(=O)N1CCC[C@@H]1c1ccc(F)cc1. The fourth-order valence-corrected chi connectivity index (χ4v) is 2.47. The van der Waals surface area contributed by atoms with E-state index in [-0.39, 0.29) is 23.2 Å². The topological polar surface area (TPSA) is 20.3 Å². The Hall–Kier alpha value is -1.38. The number of benzene rings is 1. The van der Waals surface area contributed by atoms with Gasteiger partial charge in [0.15, 0.2) is 0 Å². The number of carbonyl (C=O) groups excluding carboxylic acids is 1. The summed E-state index contributed by atoms with van der Waals surface area (Å²) in [6.45, 7) is 6.62. The molecule has 1 aromatic rings. The van der Waals surface area contributed by atoms with E-state index in [1.807, 2.05) is 25.7 Å². The van der Waals surface area contributed by atoms with Crippen LogP contribution in [-0.4, -0.2) is 17.4 Å². The minimum Gasteiger partial charge on any atom is -0.335 e. The Labute approximate surface area is 108 Å². The summed E-state index contributed by atoms with van der Waals surface area (Å²) >= 11 is 0. The number of amides is 1. The largest absolute Gasteiger partial charge is 0.335 e. The highest BCUT2D eigenvalue weighted by molar-refractivity contribution is 5.82. The Morgan fingerprint density at radius 3 is 2.44 bits per heavy atom. The molecule has 98 valence electrons. The van der Waals surface area contributed by atoms with Crippen molar-refractivity contribution in [3.63, 3.8) is 0 Å². The molecule has 0 aromatic heterocycles. The lowest BCUT2D eigenvalue weighted by Gasteiger charge is -2.31. The second kappa shape index (κ2) is 4.71. The molecule has 0 spiro atoms. The molecule has 1 aromatic carbocycles. The summed E-state index contributed by atoms with van der Waals surface area (Å²) < 4.78 is 12.9. The molecule has 0 unspecified atom stereocenters. The van der Waals surface area contributed by atoms with Crippen molar-refractivity contribution in [1.29, 1.82) is 0 Å². The second-order valence-electron chi connectivity index (χ2n) is 5.96. The third kappa shape index (κ3) is 2.55. The molecule has 1 saturated heterocycles. The molecule has 1 heterocycles. The Morgan fingerprint density at radius 2 is 1.89 bits per heavy atom. The Kier molecular flexibility index (Phi) is 3.42. The standard InChI is InChI=1S/C15H20FNO/c1-15(2,3)14(18)17-10-4-5-13(17)11-6-8-12(16)9-7-11/h6-9,13H,4-5,10H2,1-3H3/t13-/m1/s1. The second-order valence-corrected chi connectivity index (χ2v) is 5.96. The van der Waals surface area contributed by atoms with Gasteiger partial charge in [-0.1, -0.05) is 32.9 Å². The maximum atomic E-state index is 12.9. The van der Waals surface area contributed by atoms with Crippen LogP contribution in [0.15, 0.2) is 24.3 Å². The van der Waals surface area contributed by atoms with E-state index < -0.39 is 0 Å². The van der Waals surface area contributed by atoms with E-state index >= 15 is 0 Å². The number of likely N-dealkylation sites (tertiary alicyclic amines) is 1. The number of rotatable bonds is 1. The molecular weight excluding hydrogens is 229 g/mol. The highest BCUT2D eigenvalue weighted by Crippen LogP contribution is 2.35. The minimum atomic E-state index is -0.359. The summed E-state index contributed by atoms with van der Waals surface area (Å²) in [4.78, 5) is 14.3. The van der Waals surface area contributed by atoms with Gasteiger partial charge < -0.3 is 4.90 Å². The van der Waals surface area contributed by atoms with Crippen LogP contribution in [0.2, 0.25) is 0 Å². The number of halogens is 1. The van der Waals surface area contributed by atoms with E-state index in [9.17, 15) is 9.18 Å². The van der Waals surface area contributed by atoms with Gasteiger partial charge in [0.2, 0.25) is 5.91 Å². The molecule has 1 aliphatic heterocycles. The fraction of sp³-hybridized carbons (Fsp3) is 0.533.